The first-order valence-corrected chi connectivity index (χ1v) is 7.84. The van der Waals surface area contributed by atoms with E-state index < -0.39 is 17.5 Å². The quantitative estimate of drug-likeness (QED) is 0.590. The summed E-state index contributed by atoms with van der Waals surface area (Å²) in [7, 11) is 0. The van der Waals surface area contributed by atoms with Gasteiger partial charge in [0.05, 0.1) is 17.8 Å². The fourth-order valence-corrected chi connectivity index (χ4v) is 3.02. The van der Waals surface area contributed by atoms with Gasteiger partial charge in [-0.1, -0.05) is 30.3 Å². The molecule has 4 nitrogen and oxygen atoms in total. The van der Waals surface area contributed by atoms with Crippen LogP contribution >= 0.6 is 0 Å². The number of hydrogen-bond acceptors (Lipinski definition) is 3. The molecule has 0 unspecified atom stereocenters. The monoisotopic (exact) mass is 382 g/mol. The van der Waals surface area contributed by atoms with Crippen molar-refractivity contribution in [3.05, 3.63) is 64.3 Å². The number of aromatic nitrogens is 2. The van der Waals surface area contributed by atoms with Gasteiger partial charge in [-0.2, -0.15) is 13.9 Å². The van der Waals surface area contributed by atoms with Crippen molar-refractivity contribution in [1.82, 2.24) is 9.78 Å². The summed E-state index contributed by atoms with van der Waals surface area (Å²) in [6.07, 6.45) is 0. The smallest absolute Gasteiger partial charge is 0.544 e. The average molecular weight is 382 g/mol. The van der Waals surface area contributed by atoms with E-state index in [1.807, 2.05) is 32.0 Å². The zero-order valence-corrected chi connectivity index (χ0v) is 18.3. The number of hydrogen-bond donors (Lipinski definition) is 0. The number of fused-ring (bicyclic) bond motifs is 1. The molecule has 1 heterocycles. The third kappa shape index (κ3) is 3.77. The molecule has 2 aromatic carbocycles. The summed E-state index contributed by atoms with van der Waals surface area (Å²) in [6.45, 7) is 6.18. The Balaban J connectivity index is 0.00000243. The molecule has 0 radical (unpaired) electrons. The first-order chi connectivity index (χ1) is 11.7. The summed E-state index contributed by atoms with van der Waals surface area (Å²) in [5, 5.41) is 15.9. The zero-order chi connectivity index (χ0) is 18.4. The summed E-state index contributed by atoms with van der Waals surface area (Å²) >= 11 is 0. The van der Waals surface area contributed by atoms with Gasteiger partial charge in [-0.15, -0.1) is 0 Å². The van der Waals surface area contributed by atoms with Crippen molar-refractivity contribution in [1.29, 1.82) is 0 Å². The molecule has 3 rings (SSSR count). The minimum atomic E-state index is -4.05. The molecule has 0 aliphatic heterocycles. The number of carbonyl (C=O) groups excluding carboxylic acids is 1. The summed E-state index contributed by atoms with van der Waals surface area (Å²) in [5.74, 6) is -6.46. The molecule has 0 fully saturated rings. The number of benzene rings is 2. The van der Waals surface area contributed by atoms with Crippen molar-refractivity contribution in [2.75, 3.05) is 0 Å². The molecule has 0 amide bonds. The molecule has 0 aliphatic rings. The fourth-order valence-electron chi connectivity index (χ4n) is 3.02. The second kappa shape index (κ2) is 7.86. The summed E-state index contributed by atoms with van der Waals surface area (Å²) in [4.78, 5) is 10.7. The second-order valence-corrected chi connectivity index (χ2v) is 6.21. The largest absolute Gasteiger partial charge is 1.00 e. The Kier molecular flexibility index (Phi) is 6.40. The van der Waals surface area contributed by atoms with Gasteiger partial charge in [0.25, 0.3) is 0 Å². The summed E-state index contributed by atoms with van der Waals surface area (Å²) in [5.41, 5.74) is 3.78. The molecular formula is C19H17F2KN2O2. The van der Waals surface area contributed by atoms with E-state index >= 15 is 0 Å². The molecule has 26 heavy (non-hydrogen) atoms. The Morgan fingerprint density at radius 3 is 2.35 bits per heavy atom. The number of rotatable bonds is 4. The van der Waals surface area contributed by atoms with Crippen molar-refractivity contribution in [3.63, 3.8) is 0 Å². The maximum Gasteiger partial charge on any atom is 1.00 e. The van der Waals surface area contributed by atoms with Gasteiger partial charge in [0.1, 0.15) is 5.97 Å². The third-order valence-corrected chi connectivity index (χ3v) is 4.51. The van der Waals surface area contributed by atoms with E-state index in [-0.39, 0.29) is 51.4 Å². The minimum absolute atomic E-state index is 0. The van der Waals surface area contributed by atoms with Crippen LogP contribution in [-0.4, -0.2) is 15.7 Å². The molecule has 1 aromatic heterocycles. The number of aryl methyl sites for hydroxylation is 3. The molecule has 0 N–H and O–H groups in total. The van der Waals surface area contributed by atoms with Crippen LogP contribution in [0.2, 0.25) is 0 Å². The van der Waals surface area contributed by atoms with Gasteiger partial charge in [-0.3, -0.25) is 4.68 Å². The first-order valence-electron chi connectivity index (χ1n) is 7.84. The number of halogens is 2. The maximum atomic E-state index is 13.8. The molecule has 0 atom stereocenters. The molecule has 0 spiro atoms. The van der Waals surface area contributed by atoms with E-state index in [0.29, 0.717) is 23.1 Å². The Labute approximate surface area is 192 Å². The van der Waals surface area contributed by atoms with Crippen molar-refractivity contribution in [3.8, 4) is 0 Å². The van der Waals surface area contributed by atoms with Crippen LogP contribution in [0.5, 0.6) is 0 Å². The maximum absolute atomic E-state index is 13.8. The van der Waals surface area contributed by atoms with Crippen LogP contribution in [-0.2, 0) is 17.3 Å². The van der Waals surface area contributed by atoms with Crippen LogP contribution < -0.4 is 56.5 Å². The van der Waals surface area contributed by atoms with E-state index in [0.717, 1.165) is 22.8 Å². The van der Waals surface area contributed by atoms with Crippen molar-refractivity contribution in [2.24, 2.45) is 0 Å². The van der Waals surface area contributed by atoms with E-state index in [4.69, 9.17) is 0 Å². The average Bonchev–Trinajstić information content (AvgIpc) is 2.86. The Hall–Kier alpha value is -1.12. The number of carbonyl (C=O) groups is 1. The Bertz CT molecular complexity index is 963. The third-order valence-electron chi connectivity index (χ3n) is 4.51. The topological polar surface area (TPSA) is 58.0 Å². The molecule has 0 aliphatic carbocycles. The van der Waals surface area contributed by atoms with Gasteiger partial charge in [0.2, 0.25) is 0 Å². The number of aliphatic carboxylic acids is 1. The van der Waals surface area contributed by atoms with Crippen LogP contribution in [0.1, 0.15) is 27.9 Å². The van der Waals surface area contributed by atoms with Crippen molar-refractivity contribution >= 4 is 16.9 Å². The molecule has 7 heteroatoms. The minimum Gasteiger partial charge on any atom is -0.544 e. The predicted octanol–water partition coefficient (Wildman–Crippen LogP) is -0.144. The van der Waals surface area contributed by atoms with Gasteiger partial charge in [0.15, 0.2) is 0 Å². The normalized spacial score (nSPS) is 11.4. The van der Waals surface area contributed by atoms with Crippen LogP contribution in [0.15, 0.2) is 36.4 Å². The molecule has 130 valence electrons. The zero-order valence-electron chi connectivity index (χ0n) is 15.1. The van der Waals surface area contributed by atoms with Crippen LogP contribution in [0.4, 0.5) is 8.78 Å². The van der Waals surface area contributed by atoms with E-state index in [1.54, 1.807) is 11.6 Å². The molecule has 0 saturated carbocycles. The first kappa shape index (κ1) is 21.2. The predicted molar refractivity (Wildman–Crippen MR) is 88.4 cm³/mol. The summed E-state index contributed by atoms with van der Waals surface area (Å²) < 4.78 is 29.3. The van der Waals surface area contributed by atoms with Crippen molar-refractivity contribution in [2.45, 2.75) is 33.2 Å². The van der Waals surface area contributed by atoms with Gasteiger partial charge in [0, 0.05) is 10.9 Å². The second-order valence-electron chi connectivity index (χ2n) is 6.21. The molecule has 3 aromatic rings. The van der Waals surface area contributed by atoms with E-state index in [2.05, 4.69) is 5.10 Å². The van der Waals surface area contributed by atoms with E-state index in [1.165, 1.54) is 12.1 Å². The number of nitrogens with zero attached hydrogens (tertiary/aromatic N) is 2. The Morgan fingerprint density at radius 2 is 1.77 bits per heavy atom. The Morgan fingerprint density at radius 1 is 1.15 bits per heavy atom. The number of carboxylic acids is 1. The fraction of sp³-hybridized carbons (Fsp3) is 0.263. The van der Waals surface area contributed by atoms with Crippen LogP contribution in [0.25, 0.3) is 10.9 Å². The number of carboxylic acid groups (broad SMARTS) is 1. The van der Waals surface area contributed by atoms with Gasteiger partial charge >= 0.3 is 57.3 Å². The molecule has 0 saturated heterocycles. The molecule has 0 bridgehead atoms. The number of alkyl halides is 2. The van der Waals surface area contributed by atoms with Crippen molar-refractivity contribution < 1.29 is 70.1 Å². The standard InChI is InChI=1S/C19H18F2N2O2.K/c1-11-5-4-6-12(2)16(11)10-23-17-9-14(19(20,21)18(24)25)7-8-15(17)13(3)22-23;/h4-9H,10H2,1-3H3,(H,24,25);/q;+1/p-1. The van der Waals surface area contributed by atoms with Gasteiger partial charge < -0.3 is 9.90 Å². The van der Waals surface area contributed by atoms with E-state index in [9.17, 15) is 18.7 Å². The van der Waals surface area contributed by atoms with Gasteiger partial charge in [-0.05, 0) is 43.5 Å². The van der Waals surface area contributed by atoms with Gasteiger partial charge in [-0.25, -0.2) is 0 Å². The SMILES string of the molecule is Cc1cccc(C)c1Cn1nc(C)c2ccc(C(F)(F)C(=O)[O-])cc21.[K+]. The summed E-state index contributed by atoms with van der Waals surface area (Å²) in [6, 6.07) is 9.69. The van der Waals surface area contributed by atoms with Crippen LogP contribution in [0.3, 0.4) is 0 Å². The van der Waals surface area contributed by atoms with Crippen LogP contribution in [0, 0.1) is 20.8 Å². The molecular weight excluding hydrogens is 365 g/mol.